The van der Waals surface area contributed by atoms with Gasteiger partial charge in [0.1, 0.15) is 12.4 Å². The summed E-state index contributed by atoms with van der Waals surface area (Å²) in [4.78, 5) is 7.06. The van der Waals surface area contributed by atoms with Crippen molar-refractivity contribution in [2.75, 3.05) is 7.11 Å². The number of H-pyrrole nitrogens is 1. The lowest BCUT2D eigenvalue weighted by molar-refractivity contribution is -0.138. The predicted molar refractivity (Wildman–Crippen MR) is 65.9 cm³/mol. The molecule has 1 heterocycles. The summed E-state index contributed by atoms with van der Waals surface area (Å²) in [6, 6.07) is 2.62. The van der Waals surface area contributed by atoms with Crippen LogP contribution >= 0.6 is 0 Å². The monoisotopic (exact) mass is 272 g/mol. The van der Waals surface area contributed by atoms with Crippen molar-refractivity contribution >= 4 is 11.0 Å². The Balaban J connectivity index is 2.63. The van der Waals surface area contributed by atoms with Crippen molar-refractivity contribution in [1.29, 1.82) is 0 Å². The number of benzene rings is 1. The van der Waals surface area contributed by atoms with E-state index >= 15 is 0 Å². The second-order valence-corrected chi connectivity index (χ2v) is 4.73. The summed E-state index contributed by atoms with van der Waals surface area (Å²) in [5, 5.41) is 0. The highest BCUT2D eigenvalue weighted by atomic mass is 19.4. The van der Waals surface area contributed by atoms with Crippen molar-refractivity contribution in [1.82, 2.24) is 9.97 Å². The summed E-state index contributed by atoms with van der Waals surface area (Å²) < 4.78 is 44.0. The number of rotatable bonds is 3. The van der Waals surface area contributed by atoms with Gasteiger partial charge in [0, 0.05) is 7.11 Å². The molecule has 6 heteroatoms. The van der Waals surface area contributed by atoms with Gasteiger partial charge in [-0.1, -0.05) is 13.8 Å². The molecule has 0 aliphatic carbocycles. The van der Waals surface area contributed by atoms with Gasteiger partial charge in [-0.05, 0) is 23.6 Å². The van der Waals surface area contributed by atoms with E-state index in [0.717, 1.165) is 6.07 Å². The van der Waals surface area contributed by atoms with Crippen LogP contribution in [-0.2, 0) is 17.5 Å². The van der Waals surface area contributed by atoms with Crippen molar-refractivity contribution in [2.24, 2.45) is 0 Å². The number of methoxy groups -OCH3 is 1. The number of ether oxygens (including phenoxy) is 1. The lowest BCUT2D eigenvalue weighted by Gasteiger charge is -2.15. The minimum absolute atomic E-state index is 0.219. The summed E-state index contributed by atoms with van der Waals surface area (Å²) in [7, 11) is 1.51. The third-order valence-electron chi connectivity index (χ3n) is 2.91. The molecule has 1 aromatic carbocycles. The Labute approximate surface area is 108 Å². The summed E-state index contributed by atoms with van der Waals surface area (Å²) >= 11 is 0. The Bertz CT molecular complexity index is 587. The number of aromatic nitrogens is 2. The first-order valence-electron chi connectivity index (χ1n) is 5.91. The third-order valence-corrected chi connectivity index (χ3v) is 2.91. The SMILES string of the molecule is COCc1nc2cc(C(C)C)c(C(F)(F)F)cc2[nH]1. The van der Waals surface area contributed by atoms with Gasteiger partial charge in [-0.25, -0.2) is 4.98 Å². The van der Waals surface area contributed by atoms with Gasteiger partial charge in [0.05, 0.1) is 16.6 Å². The second kappa shape index (κ2) is 4.85. The number of imidazole rings is 1. The van der Waals surface area contributed by atoms with Crippen molar-refractivity contribution < 1.29 is 17.9 Å². The van der Waals surface area contributed by atoms with Crippen LogP contribution in [0.3, 0.4) is 0 Å². The molecule has 0 fully saturated rings. The molecule has 3 nitrogen and oxygen atoms in total. The zero-order valence-electron chi connectivity index (χ0n) is 10.9. The van der Waals surface area contributed by atoms with E-state index < -0.39 is 11.7 Å². The Morgan fingerprint density at radius 1 is 1.32 bits per heavy atom. The summed E-state index contributed by atoms with van der Waals surface area (Å²) in [6.07, 6.45) is -4.36. The molecule has 2 aromatic rings. The molecular weight excluding hydrogens is 257 g/mol. The van der Waals surface area contributed by atoms with Crippen LogP contribution < -0.4 is 0 Å². The molecule has 0 bridgehead atoms. The van der Waals surface area contributed by atoms with Gasteiger partial charge in [-0.2, -0.15) is 13.2 Å². The van der Waals surface area contributed by atoms with Crippen molar-refractivity contribution in [3.63, 3.8) is 0 Å². The van der Waals surface area contributed by atoms with Gasteiger partial charge in [0.25, 0.3) is 0 Å². The third kappa shape index (κ3) is 2.73. The molecule has 0 saturated heterocycles. The zero-order chi connectivity index (χ0) is 14.2. The smallest absolute Gasteiger partial charge is 0.377 e. The number of nitrogens with zero attached hydrogens (tertiary/aromatic N) is 1. The normalized spacial score (nSPS) is 12.6. The fraction of sp³-hybridized carbons (Fsp3) is 0.462. The number of hydrogen-bond acceptors (Lipinski definition) is 2. The van der Waals surface area contributed by atoms with Gasteiger partial charge in [-0.3, -0.25) is 0 Å². The largest absolute Gasteiger partial charge is 0.416 e. The number of nitrogens with one attached hydrogen (secondary N) is 1. The maximum Gasteiger partial charge on any atom is 0.416 e. The first-order valence-corrected chi connectivity index (χ1v) is 5.91. The van der Waals surface area contributed by atoms with E-state index in [1.165, 1.54) is 13.2 Å². The second-order valence-electron chi connectivity index (χ2n) is 4.73. The van der Waals surface area contributed by atoms with Crippen LogP contribution in [0.25, 0.3) is 11.0 Å². The van der Waals surface area contributed by atoms with E-state index in [0.29, 0.717) is 16.9 Å². The molecule has 0 radical (unpaired) electrons. The maximum atomic E-state index is 13.0. The van der Waals surface area contributed by atoms with Crippen LogP contribution in [-0.4, -0.2) is 17.1 Å². The van der Waals surface area contributed by atoms with E-state index in [4.69, 9.17) is 4.74 Å². The number of halogens is 3. The summed E-state index contributed by atoms with van der Waals surface area (Å²) in [6.45, 7) is 3.71. The van der Waals surface area contributed by atoms with Gasteiger partial charge >= 0.3 is 6.18 Å². The number of hydrogen-bond donors (Lipinski definition) is 1. The Hall–Kier alpha value is -1.56. The number of alkyl halides is 3. The van der Waals surface area contributed by atoms with Crippen LogP contribution in [0.5, 0.6) is 0 Å². The van der Waals surface area contributed by atoms with Crippen molar-refractivity contribution in [3.8, 4) is 0 Å². The van der Waals surface area contributed by atoms with Crippen molar-refractivity contribution in [2.45, 2.75) is 32.5 Å². The molecule has 104 valence electrons. The molecule has 0 atom stereocenters. The minimum Gasteiger partial charge on any atom is -0.377 e. The molecule has 1 aromatic heterocycles. The van der Waals surface area contributed by atoms with Gasteiger partial charge in [0.2, 0.25) is 0 Å². The van der Waals surface area contributed by atoms with Crippen LogP contribution in [0.1, 0.15) is 36.7 Å². The molecule has 0 amide bonds. The average molecular weight is 272 g/mol. The highest BCUT2D eigenvalue weighted by Crippen LogP contribution is 2.37. The molecule has 2 rings (SSSR count). The Morgan fingerprint density at radius 2 is 2.00 bits per heavy atom. The molecule has 0 unspecified atom stereocenters. The average Bonchev–Trinajstić information content (AvgIpc) is 2.67. The highest BCUT2D eigenvalue weighted by molar-refractivity contribution is 5.77. The zero-order valence-corrected chi connectivity index (χ0v) is 10.9. The maximum absolute atomic E-state index is 13.0. The molecule has 0 aliphatic rings. The minimum atomic E-state index is -4.36. The van der Waals surface area contributed by atoms with Crippen LogP contribution in [0.4, 0.5) is 13.2 Å². The van der Waals surface area contributed by atoms with E-state index in [9.17, 15) is 13.2 Å². The fourth-order valence-corrected chi connectivity index (χ4v) is 2.05. The van der Waals surface area contributed by atoms with Crippen LogP contribution in [0, 0.1) is 0 Å². The molecule has 19 heavy (non-hydrogen) atoms. The van der Waals surface area contributed by atoms with Gasteiger partial charge in [-0.15, -0.1) is 0 Å². The van der Waals surface area contributed by atoms with Gasteiger partial charge in [0.15, 0.2) is 0 Å². The predicted octanol–water partition coefficient (Wildman–Crippen LogP) is 3.85. The van der Waals surface area contributed by atoms with E-state index in [2.05, 4.69) is 9.97 Å². The summed E-state index contributed by atoms with van der Waals surface area (Å²) in [5.74, 6) is 0.301. The van der Waals surface area contributed by atoms with E-state index in [1.54, 1.807) is 13.8 Å². The van der Waals surface area contributed by atoms with E-state index in [-0.39, 0.29) is 18.1 Å². The molecule has 0 spiro atoms. The highest BCUT2D eigenvalue weighted by Gasteiger charge is 2.34. The lowest BCUT2D eigenvalue weighted by atomic mass is 9.96. The topological polar surface area (TPSA) is 37.9 Å². The molecule has 0 saturated carbocycles. The number of aromatic amines is 1. The fourth-order valence-electron chi connectivity index (χ4n) is 2.05. The van der Waals surface area contributed by atoms with Gasteiger partial charge < -0.3 is 9.72 Å². The van der Waals surface area contributed by atoms with Crippen LogP contribution in [0.2, 0.25) is 0 Å². The molecule has 0 aliphatic heterocycles. The molecule has 1 N–H and O–H groups in total. The van der Waals surface area contributed by atoms with E-state index in [1.807, 2.05) is 0 Å². The lowest BCUT2D eigenvalue weighted by Crippen LogP contribution is -2.10. The molecular formula is C13H15F3N2O. The standard InChI is InChI=1S/C13H15F3N2O/c1-7(2)8-4-10-11(5-9(8)13(14,15)16)18-12(17-10)6-19-3/h4-5,7H,6H2,1-3H3,(H,17,18). The van der Waals surface area contributed by atoms with Crippen molar-refractivity contribution in [3.05, 3.63) is 29.1 Å². The first kappa shape index (κ1) is 13.9. The Kier molecular flexibility index (Phi) is 3.54. The first-order chi connectivity index (χ1) is 8.82. The summed E-state index contributed by atoms with van der Waals surface area (Å²) in [5.41, 5.74) is 0.561. The Morgan fingerprint density at radius 3 is 2.53 bits per heavy atom. The number of fused-ring (bicyclic) bond motifs is 1. The van der Waals surface area contributed by atoms with Crippen LogP contribution in [0.15, 0.2) is 12.1 Å². The quantitative estimate of drug-likeness (QED) is 0.921.